The molecule has 0 radical (unpaired) electrons. The van der Waals surface area contributed by atoms with Gasteiger partial charge in [0.15, 0.2) is 0 Å². The van der Waals surface area contributed by atoms with Crippen LogP contribution in [0.3, 0.4) is 0 Å². The summed E-state index contributed by atoms with van der Waals surface area (Å²) in [7, 11) is 0. The summed E-state index contributed by atoms with van der Waals surface area (Å²) in [6.07, 6.45) is -0.365. The van der Waals surface area contributed by atoms with Crippen molar-refractivity contribution in [2.75, 3.05) is 13.1 Å². The second kappa shape index (κ2) is 8.25. The Kier molecular flexibility index (Phi) is 7.77. The molecule has 0 aliphatic heterocycles. The van der Waals surface area contributed by atoms with E-state index < -0.39 is 6.43 Å². The highest BCUT2D eigenvalue weighted by atomic mass is 19.3. The Morgan fingerprint density at radius 3 is 2.38 bits per heavy atom. The Morgan fingerprint density at radius 1 is 1.31 bits per heavy atom. The van der Waals surface area contributed by atoms with E-state index in [9.17, 15) is 13.6 Å². The summed E-state index contributed by atoms with van der Waals surface area (Å²) >= 11 is 0. The van der Waals surface area contributed by atoms with Crippen LogP contribution in [0.4, 0.5) is 8.78 Å². The number of alkyl halides is 2. The number of nitrogens with zero attached hydrogens (tertiary/aromatic N) is 1. The molecule has 0 bridgehead atoms. The van der Waals surface area contributed by atoms with Crippen molar-refractivity contribution in [1.82, 2.24) is 4.90 Å². The highest BCUT2D eigenvalue weighted by molar-refractivity contribution is 5.92. The summed E-state index contributed by atoms with van der Waals surface area (Å²) in [5.74, 6) is -0.0705. The molecular weight excluding hydrogens is 212 g/mol. The van der Waals surface area contributed by atoms with Gasteiger partial charge in [-0.25, -0.2) is 8.78 Å². The summed E-state index contributed by atoms with van der Waals surface area (Å²) in [5, 5.41) is 0. The molecule has 0 fully saturated rings. The second-order valence-corrected chi connectivity index (χ2v) is 3.96. The highest BCUT2D eigenvalue weighted by Crippen LogP contribution is 2.08. The largest absolute Gasteiger partial charge is 0.339 e. The van der Waals surface area contributed by atoms with Gasteiger partial charge < -0.3 is 4.90 Å². The lowest BCUT2D eigenvalue weighted by molar-refractivity contribution is -0.127. The van der Waals surface area contributed by atoms with Crippen LogP contribution in [0.25, 0.3) is 0 Å². The molecule has 0 N–H and O–H groups in total. The van der Waals surface area contributed by atoms with Gasteiger partial charge in [0.05, 0.1) is 0 Å². The fraction of sp³-hybridized carbons (Fsp3) is 0.750. The molecule has 0 rings (SSSR count). The number of carbonyl (C=O) groups excluding carboxylic acids is 1. The molecule has 0 aromatic carbocycles. The van der Waals surface area contributed by atoms with Crippen LogP contribution in [0, 0.1) is 0 Å². The van der Waals surface area contributed by atoms with Crippen molar-refractivity contribution in [3.8, 4) is 0 Å². The lowest BCUT2D eigenvalue weighted by atomic mass is 10.2. The molecule has 0 spiro atoms. The average molecular weight is 233 g/mol. The van der Waals surface area contributed by atoms with Gasteiger partial charge in [-0.15, -0.1) is 0 Å². The first-order valence-corrected chi connectivity index (χ1v) is 5.72. The second-order valence-electron chi connectivity index (χ2n) is 3.96. The van der Waals surface area contributed by atoms with Crippen molar-refractivity contribution < 1.29 is 13.6 Å². The number of rotatable bonds is 8. The summed E-state index contributed by atoms with van der Waals surface area (Å²) in [6, 6.07) is 0. The van der Waals surface area contributed by atoms with E-state index in [1.165, 1.54) is 0 Å². The van der Waals surface area contributed by atoms with Gasteiger partial charge in [-0.1, -0.05) is 13.5 Å². The van der Waals surface area contributed by atoms with Crippen LogP contribution in [0.5, 0.6) is 0 Å². The van der Waals surface area contributed by atoms with E-state index in [1.807, 2.05) is 6.92 Å². The predicted molar refractivity (Wildman–Crippen MR) is 61.5 cm³/mol. The zero-order valence-electron chi connectivity index (χ0n) is 10.1. The Hall–Kier alpha value is -0.930. The number of halogens is 2. The van der Waals surface area contributed by atoms with Crippen LogP contribution in [-0.2, 0) is 4.79 Å². The molecule has 1 amide bonds. The van der Waals surface area contributed by atoms with Gasteiger partial charge in [-0.05, 0) is 26.2 Å². The van der Waals surface area contributed by atoms with Crippen LogP contribution in [0.15, 0.2) is 12.2 Å². The Bertz CT molecular complexity index is 229. The van der Waals surface area contributed by atoms with Gasteiger partial charge >= 0.3 is 0 Å². The predicted octanol–water partition coefficient (Wildman–Crippen LogP) is 3.24. The van der Waals surface area contributed by atoms with Crippen LogP contribution < -0.4 is 0 Å². The Morgan fingerprint density at radius 2 is 1.94 bits per heavy atom. The van der Waals surface area contributed by atoms with Crippen molar-refractivity contribution in [1.29, 1.82) is 0 Å². The first-order valence-electron chi connectivity index (χ1n) is 5.72. The molecule has 0 atom stereocenters. The van der Waals surface area contributed by atoms with Gasteiger partial charge in [-0.3, -0.25) is 4.79 Å². The normalized spacial score (nSPS) is 10.6. The van der Waals surface area contributed by atoms with Gasteiger partial charge in [0, 0.05) is 25.1 Å². The number of unbranched alkanes of at least 4 members (excludes halogenated alkanes) is 1. The molecule has 0 aliphatic rings. The van der Waals surface area contributed by atoms with Crippen molar-refractivity contribution in [2.45, 2.75) is 46.0 Å². The van der Waals surface area contributed by atoms with Crippen LogP contribution in [-0.4, -0.2) is 30.3 Å². The third-order valence-corrected chi connectivity index (χ3v) is 2.25. The van der Waals surface area contributed by atoms with E-state index in [2.05, 4.69) is 6.58 Å². The molecule has 0 aliphatic carbocycles. The SMILES string of the molecule is C=C(C)C(=O)N(CCC)CCCCC(F)F. The number of hydrogen-bond donors (Lipinski definition) is 0. The minimum atomic E-state index is -2.24. The summed E-state index contributed by atoms with van der Waals surface area (Å²) in [5.41, 5.74) is 0.502. The van der Waals surface area contributed by atoms with Gasteiger partial charge in [0.2, 0.25) is 12.3 Å². The third kappa shape index (κ3) is 6.53. The highest BCUT2D eigenvalue weighted by Gasteiger charge is 2.12. The zero-order valence-corrected chi connectivity index (χ0v) is 10.1. The van der Waals surface area contributed by atoms with E-state index in [0.29, 0.717) is 31.5 Å². The van der Waals surface area contributed by atoms with Crippen molar-refractivity contribution in [2.24, 2.45) is 0 Å². The van der Waals surface area contributed by atoms with E-state index in [0.717, 1.165) is 6.42 Å². The maximum Gasteiger partial charge on any atom is 0.248 e. The molecule has 2 nitrogen and oxygen atoms in total. The monoisotopic (exact) mass is 233 g/mol. The van der Waals surface area contributed by atoms with Gasteiger partial charge in [-0.2, -0.15) is 0 Å². The topological polar surface area (TPSA) is 20.3 Å². The van der Waals surface area contributed by atoms with Crippen LogP contribution in [0.1, 0.15) is 39.5 Å². The molecule has 0 unspecified atom stereocenters. The zero-order chi connectivity index (χ0) is 12.6. The van der Waals surface area contributed by atoms with Crippen molar-refractivity contribution in [3.63, 3.8) is 0 Å². The van der Waals surface area contributed by atoms with Gasteiger partial charge in [0.25, 0.3) is 0 Å². The van der Waals surface area contributed by atoms with Crippen LogP contribution in [0.2, 0.25) is 0 Å². The summed E-state index contributed by atoms with van der Waals surface area (Å²) < 4.78 is 23.8. The van der Waals surface area contributed by atoms with E-state index in [-0.39, 0.29) is 12.3 Å². The number of hydrogen-bond acceptors (Lipinski definition) is 1. The molecule has 94 valence electrons. The Labute approximate surface area is 96.3 Å². The third-order valence-electron chi connectivity index (χ3n) is 2.25. The number of carbonyl (C=O) groups is 1. The fourth-order valence-electron chi connectivity index (χ4n) is 1.46. The van der Waals surface area contributed by atoms with E-state index in [4.69, 9.17) is 0 Å². The molecular formula is C12H21F2NO. The quantitative estimate of drug-likeness (QED) is 0.465. The molecule has 16 heavy (non-hydrogen) atoms. The standard InChI is InChI=1S/C12H21F2NO/c1-4-8-15(12(16)10(2)3)9-6-5-7-11(13)14/h11H,2,4-9H2,1,3H3. The molecule has 0 saturated carbocycles. The van der Waals surface area contributed by atoms with Gasteiger partial charge in [0.1, 0.15) is 0 Å². The average Bonchev–Trinajstić information content (AvgIpc) is 2.21. The molecule has 4 heteroatoms. The first kappa shape index (κ1) is 15.1. The summed E-state index contributed by atoms with van der Waals surface area (Å²) in [6.45, 7) is 8.47. The maximum atomic E-state index is 11.9. The van der Waals surface area contributed by atoms with Crippen molar-refractivity contribution in [3.05, 3.63) is 12.2 Å². The smallest absolute Gasteiger partial charge is 0.248 e. The fourth-order valence-corrected chi connectivity index (χ4v) is 1.46. The minimum absolute atomic E-state index is 0.0705. The van der Waals surface area contributed by atoms with Crippen LogP contribution >= 0.6 is 0 Å². The molecule has 0 saturated heterocycles. The van der Waals surface area contributed by atoms with Crippen molar-refractivity contribution >= 4 is 5.91 Å². The molecule has 0 aromatic heterocycles. The van der Waals surface area contributed by atoms with E-state index >= 15 is 0 Å². The Balaban J connectivity index is 3.94. The number of amides is 1. The maximum absolute atomic E-state index is 11.9. The minimum Gasteiger partial charge on any atom is -0.339 e. The molecule has 0 aromatic rings. The summed E-state index contributed by atoms with van der Waals surface area (Å²) in [4.78, 5) is 13.3. The molecule has 0 heterocycles. The van der Waals surface area contributed by atoms with E-state index in [1.54, 1.807) is 11.8 Å². The first-order chi connectivity index (χ1) is 7.49. The lowest BCUT2D eigenvalue weighted by Crippen LogP contribution is -2.33. The lowest BCUT2D eigenvalue weighted by Gasteiger charge is -2.22.